The summed E-state index contributed by atoms with van der Waals surface area (Å²) in [6.45, 7) is 3.38. The van der Waals surface area contributed by atoms with Gasteiger partial charge in [0.05, 0.1) is 17.9 Å². The topological polar surface area (TPSA) is 38.1 Å². The van der Waals surface area contributed by atoms with Gasteiger partial charge in [0.15, 0.2) is 0 Å². The Morgan fingerprint density at radius 3 is 2.70 bits per heavy atom. The maximum absolute atomic E-state index is 12.5. The Bertz CT molecular complexity index is 661. The number of aryl methyl sites for hydroxylation is 2. The third kappa shape index (κ3) is 2.20. The molecule has 5 heteroatoms. The van der Waals surface area contributed by atoms with Crippen LogP contribution in [0.15, 0.2) is 24.3 Å². The highest BCUT2D eigenvalue weighted by atomic mass is 35.5. The summed E-state index contributed by atoms with van der Waals surface area (Å²) in [5.41, 5.74) is 4.17. The summed E-state index contributed by atoms with van der Waals surface area (Å²) in [7, 11) is 1.93. The molecular formula is C15H16ClN3O. The fraction of sp³-hybridized carbons (Fsp3) is 0.333. The van der Waals surface area contributed by atoms with Gasteiger partial charge in [-0.25, -0.2) is 0 Å². The van der Waals surface area contributed by atoms with Crippen LogP contribution in [-0.2, 0) is 20.0 Å². The lowest BCUT2D eigenvalue weighted by Crippen LogP contribution is -2.36. The summed E-state index contributed by atoms with van der Waals surface area (Å²) in [5, 5.41) is 5.08. The van der Waals surface area contributed by atoms with Crippen LogP contribution in [0, 0.1) is 6.92 Å². The molecule has 3 rings (SSSR count). The van der Waals surface area contributed by atoms with E-state index in [1.807, 2.05) is 23.6 Å². The van der Waals surface area contributed by atoms with Gasteiger partial charge < -0.3 is 4.90 Å². The molecule has 0 saturated carbocycles. The first-order valence-electron chi connectivity index (χ1n) is 6.62. The van der Waals surface area contributed by atoms with Crippen molar-refractivity contribution in [1.82, 2.24) is 14.7 Å². The standard InChI is InChI=1S/C15H16ClN3O/c1-10-13-7-8-19(9-14(13)18(2)17-10)15(20)11-3-5-12(16)6-4-11/h3-6H,7-9H2,1-2H3. The highest BCUT2D eigenvalue weighted by Crippen LogP contribution is 2.23. The second-order valence-electron chi connectivity index (χ2n) is 5.12. The van der Waals surface area contributed by atoms with Gasteiger partial charge in [0.2, 0.25) is 0 Å². The quantitative estimate of drug-likeness (QED) is 0.809. The Hall–Kier alpha value is -1.81. The van der Waals surface area contributed by atoms with Crippen LogP contribution in [0.1, 0.15) is 27.3 Å². The molecule has 1 amide bonds. The second-order valence-corrected chi connectivity index (χ2v) is 5.55. The minimum Gasteiger partial charge on any atom is -0.332 e. The van der Waals surface area contributed by atoms with Gasteiger partial charge in [-0.1, -0.05) is 11.6 Å². The summed E-state index contributed by atoms with van der Waals surface area (Å²) in [6, 6.07) is 7.04. The van der Waals surface area contributed by atoms with Crippen molar-refractivity contribution in [2.45, 2.75) is 19.9 Å². The smallest absolute Gasteiger partial charge is 0.254 e. The molecule has 0 radical (unpaired) electrons. The number of halogens is 1. The molecule has 1 aliphatic rings. The molecule has 1 aromatic heterocycles. The molecule has 2 heterocycles. The van der Waals surface area contributed by atoms with Crippen LogP contribution in [0.2, 0.25) is 5.02 Å². The van der Waals surface area contributed by atoms with E-state index in [2.05, 4.69) is 5.10 Å². The second kappa shape index (κ2) is 4.94. The minimum absolute atomic E-state index is 0.0474. The van der Waals surface area contributed by atoms with Gasteiger partial charge in [0, 0.05) is 24.2 Å². The number of benzene rings is 1. The predicted molar refractivity (Wildman–Crippen MR) is 77.8 cm³/mol. The lowest BCUT2D eigenvalue weighted by molar-refractivity contribution is 0.0730. The van der Waals surface area contributed by atoms with Crippen LogP contribution in [0.4, 0.5) is 0 Å². The number of carbonyl (C=O) groups is 1. The summed E-state index contributed by atoms with van der Waals surface area (Å²) < 4.78 is 1.88. The zero-order chi connectivity index (χ0) is 14.3. The number of rotatable bonds is 1. The molecule has 0 fully saturated rings. The van der Waals surface area contributed by atoms with Gasteiger partial charge in [-0.3, -0.25) is 9.48 Å². The minimum atomic E-state index is 0.0474. The van der Waals surface area contributed by atoms with Crippen molar-refractivity contribution in [3.8, 4) is 0 Å². The highest BCUT2D eigenvalue weighted by molar-refractivity contribution is 6.30. The average Bonchev–Trinajstić information content (AvgIpc) is 2.74. The van der Waals surface area contributed by atoms with Crippen LogP contribution in [-0.4, -0.2) is 27.1 Å². The fourth-order valence-corrected chi connectivity index (χ4v) is 2.85. The maximum Gasteiger partial charge on any atom is 0.254 e. The zero-order valence-corrected chi connectivity index (χ0v) is 12.3. The molecular weight excluding hydrogens is 274 g/mol. The van der Waals surface area contributed by atoms with E-state index in [0.29, 0.717) is 17.1 Å². The summed E-state index contributed by atoms with van der Waals surface area (Å²) in [5.74, 6) is 0.0474. The van der Waals surface area contributed by atoms with E-state index < -0.39 is 0 Å². The average molecular weight is 290 g/mol. The molecule has 2 aromatic rings. The number of hydrogen-bond donors (Lipinski definition) is 0. The number of fused-ring (bicyclic) bond motifs is 1. The van der Waals surface area contributed by atoms with Crippen molar-refractivity contribution in [2.75, 3.05) is 6.54 Å². The number of hydrogen-bond acceptors (Lipinski definition) is 2. The molecule has 104 valence electrons. The SMILES string of the molecule is Cc1nn(C)c2c1CCN(C(=O)c1ccc(Cl)cc1)C2. The molecule has 4 nitrogen and oxygen atoms in total. The van der Waals surface area contributed by atoms with Gasteiger partial charge in [0.1, 0.15) is 0 Å². The van der Waals surface area contributed by atoms with Gasteiger partial charge in [0.25, 0.3) is 5.91 Å². The van der Waals surface area contributed by atoms with Crippen molar-refractivity contribution in [3.63, 3.8) is 0 Å². The molecule has 0 N–H and O–H groups in total. The van der Waals surface area contributed by atoms with E-state index in [0.717, 1.165) is 24.4 Å². The molecule has 0 atom stereocenters. The first-order chi connectivity index (χ1) is 9.56. The normalized spacial score (nSPS) is 14.2. The van der Waals surface area contributed by atoms with E-state index in [1.54, 1.807) is 24.3 Å². The Labute approximate surface area is 123 Å². The van der Waals surface area contributed by atoms with E-state index in [-0.39, 0.29) is 5.91 Å². The Balaban J connectivity index is 1.85. The monoisotopic (exact) mass is 289 g/mol. The van der Waals surface area contributed by atoms with Crippen molar-refractivity contribution in [3.05, 3.63) is 51.8 Å². The van der Waals surface area contributed by atoms with Crippen LogP contribution in [0.5, 0.6) is 0 Å². The Morgan fingerprint density at radius 1 is 1.30 bits per heavy atom. The van der Waals surface area contributed by atoms with Gasteiger partial charge in [-0.2, -0.15) is 5.10 Å². The third-order valence-corrected chi connectivity index (χ3v) is 4.08. The van der Waals surface area contributed by atoms with Gasteiger partial charge in [-0.15, -0.1) is 0 Å². The van der Waals surface area contributed by atoms with Crippen LogP contribution < -0.4 is 0 Å². The molecule has 0 saturated heterocycles. The van der Waals surface area contributed by atoms with Gasteiger partial charge >= 0.3 is 0 Å². The first kappa shape index (κ1) is 13.2. The molecule has 1 aromatic carbocycles. The van der Waals surface area contributed by atoms with Crippen molar-refractivity contribution in [1.29, 1.82) is 0 Å². The zero-order valence-electron chi connectivity index (χ0n) is 11.6. The Morgan fingerprint density at radius 2 is 2.00 bits per heavy atom. The van der Waals surface area contributed by atoms with E-state index in [1.165, 1.54) is 5.56 Å². The number of nitrogens with zero attached hydrogens (tertiary/aromatic N) is 3. The molecule has 20 heavy (non-hydrogen) atoms. The number of amides is 1. The number of aromatic nitrogens is 2. The van der Waals surface area contributed by atoms with E-state index >= 15 is 0 Å². The molecule has 0 bridgehead atoms. The van der Waals surface area contributed by atoms with Crippen molar-refractivity contribution in [2.24, 2.45) is 7.05 Å². The fourth-order valence-electron chi connectivity index (χ4n) is 2.73. The predicted octanol–water partition coefficient (Wildman–Crippen LogP) is 2.58. The molecule has 1 aliphatic heterocycles. The van der Waals surface area contributed by atoms with Crippen LogP contribution >= 0.6 is 11.6 Å². The van der Waals surface area contributed by atoms with Gasteiger partial charge in [-0.05, 0) is 43.2 Å². The van der Waals surface area contributed by atoms with Crippen LogP contribution in [0.25, 0.3) is 0 Å². The third-order valence-electron chi connectivity index (χ3n) is 3.83. The van der Waals surface area contributed by atoms with E-state index in [4.69, 9.17) is 11.6 Å². The molecule has 0 spiro atoms. The summed E-state index contributed by atoms with van der Waals surface area (Å²) in [6.07, 6.45) is 0.869. The lowest BCUT2D eigenvalue weighted by Gasteiger charge is -2.27. The van der Waals surface area contributed by atoms with E-state index in [9.17, 15) is 4.79 Å². The largest absolute Gasteiger partial charge is 0.332 e. The highest BCUT2D eigenvalue weighted by Gasteiger charge is 2.25. The lowest BCUT2D eigenvalue weighted by atomic mass is 10.0. The summed E-state index contributed by atoms with van der Waals surface area (Å²) in [4.78, 5) is 14.4. The summed E-state index contributed by atoms with van der Waals surface area (Å²) >= 11 is 5.86. The molecule has 0 aliphatic carbocycles. The van der Waals surface area contributed by atoms with Crippen LogP contribution in [0.3, 0.4) is 0 Å². The van der Waals surface area contributed by atoms with Crippen molar-refractivity contribution < 1.29 is 4.79 Å². The maximum atomic E-state index is 12.5. The number of carbonyl (C=O) groups excluding carboxylic acids is 1. The molecule has 0 unspecified atom stereocenters. The van der Waals surface area contributed by atoms with Crippen molar-refractivity contribution >= 4 is 17.5 Å². The first-order valence-corrected chi connectivity index (χ1v) is 7.00. The Kier molecular flexibility index (Phi) is 3.26.